The molecular formula is C23H28N2O2. The molecule has 0 amide bonds. The summed E-state index contributed by atoms with van der Waals surface area (Å²) in [6, 6.07) is 6.48. The van der Waals surface area contributed by atoms with E-state index in [1.165, 1.54) is 36.0 Å². The van der Waals surface area contributed by atoms with Crippen molar-refractivity contribution in [1.82, 2.24) is 9.47 Å². The van der Waals surface area contributed by atoms with Crippen molar-refractivity contribution in [3.63, 3.8) is 0 Å². The van der Waals surface area contributed by atoms with Crippen LogP contribution in [0.5, 0.6) is 0 Å². The Morgan fingerprint density at radius 3 is 2.48 bits per heavy atom. The molecule has 1 fully saturated rings. The van der Waals surface area contributed by atoms with Crippen molar-refractivity contribution < 1.29 is 4.79 Å². The minimum atomic E-state index is 0.0517. The molecule has 0 N–H and O–H groups in total. The fraction of sp³-hybridized carbons (Fsp3) is 0.478. The maximum Gasteiger partial charge on any atom is 0.253 e. The third-order valence-electron chi connectivity index (χ3n) is 6.02. The fourth-order valence-corrected chi connectivity index (χ4v) is 4.51. The minimum absolute atomic E-state index is 0.0517. The van der Waals surface area contributed by atoms with Crippen LogP contribution in [0.3, 0.4) is 0 Å². The molecule has 142 valence electrons. The Hall–Kier alpha value is -2.20. The maximum atomic E-state index is 12.1. The van der Waals surface area contributed by atoms with Gasteiger partial charge >= 0.3 is 0 Å². The van der Waals surface area contributed by atoms with Gasteiger partial charge in [0.25, 0.3) is 5.56 Å². The van der Waals surface area contributed by atoms with Crippen molar-refractivity contribution >= 4 is 5.78 Å². The maximum absolute atomic E-state index is 12.1. The van der Waals surface area contributed by atoms with Gasteiger partial charge in [0.15, 0.2) is 0 Å². The zero-order chi connectivity index (χ0) is 19.0. The summed E-state index contributed by atoms with van der Waals surface area (Å²) in [5, 5.41) is 0. The lowest BCUT2D eigenvalue weighted by atomic mass is 9.84. The summed E-state index contributed by atoms with van der Waals surface area (Å²) >= 11 is 0. The number of Topliss-reactive ketones (excluding diaryl/α,β-unsaturated/α-hetero) is 1. The SMILES string of the molecule is Cc1cc(-c2cc3c(c(CN4CCCCC4)c2)CC(=O)CC3)cn(C)c1=O. The van der Waals surface area contributed by atoms with E-state index in [1.807, 2.05) is 26.2 Å². The Morgan fingerprint density at radius 2 is 1.74 bits per heavy atom. The molecule has 2 aromatic rings. The zero-order valence-corrected chi connectivity index (χ0v) is 16.4. The molecule has 1 saturated heterocycles. The Labute approximate surface area is 160 Å². The van der Waals surface area contributed by atoms with E-state index in [0.717, 1.165) is 42.7 Å². The van der Waals surface area contributed by atoms with Crippen molar-refractivity contribution in [3.8, 4) is 11.1 Å². The third-order valence-corrected chi connectivity index (χ3v) is 6.02. The van der Waals surface area contributed by atoms with Gasteiger partial charge in [-0.05, 0) is 79.2 Å². The highest BCUT2D eigenvalue weighted by Crippen LogP contribution is 2.31. The lowest BCUT2D eigenvalue weighted by molar-refractivity contribution is -0.118. The molecule has 4 heteroatoms. The minimum Gasteiger partial charge on any atom is -0.318 e. The van der Waals surface area contributed by atoms with E-state index in [0.29, 0.717) is 18.6 Å². The van der Waals surface area contributed by atoms with Crippen LogP contribution in [0.15, 0.2) is 29.2 Å². The van der Waals surface area contributed by atoms with Gasteiger partial charge in [-0.1, -0.05) is 12.5 Å². The van der Waals surface area contributed by atoms with Crippen molar-refractivity contribution in [2.75, 3.05) is 13.1 Å². The molecule has 0 bridgehead atoms. The number of aromatic nitrogens is 1. The van der Waals surface area contributed by atoms with Gasteiger partial charge in [-0.2, -0.15) is 0 Å². The molecule has 0 unspecified atom stereocenters. The number of nitrogens with zero attached hydrogens (tertiary/aromatic N) is 2. The average Bonchev–Trinajstić information content (AvgIpc) is 2.66. The Balaban J connectivity index is 1.78. The van der Waals surface area contributed by atoms with Crippen molar-refractivity contribution in [1.29, 1.82) is 0 Å². The second-order valence-electron chi connectivity index (χ2n) is 8.15. The highest BCUT2D eigenvalue weighted by atomic mass is 16.1. The number of likely N-dealkylation sites (tertiary alicyclic amines) is 1. The van der Waals surface area contributed by atoms with E-state index in [9.17, 15) is 9.59 Å². The lowest BCUT2D eigenvalue weighted by Gasteiger charge is -2.29. The van der Waals surface area contributed by atoms with Crippen molar-refractivity contribution in [2.24, 2.45) is 7.05 Å². The Bertz CT molecular complexity index is 910. The first kappa shape index (κ1) is 18.2. The highest BCUT2D eigenvalue weighted by molar-refractivity contribution is 5.84. The normalized spacial score (nSPS) is 17.8. The molecular weight excluding hydrogens is 336 g/mol. The van der Waals surface area contributed by atoms with Crippen LogP contribution >= 0.6 is 0 Å². The number of rotatable bonds is 3. The number of hydrogen-bond acceptors (Lipinski definition) is 3. The first-order chi connectivity index (χ1) is 13.0. The van der Waals surface area contributed by atoms with Crippen molar-refractivity contribution in [3.05, 3.63) is 57.0 Å². The number of pyridine rings is 1. The summed E-state index contributed by atoms with van der Waals surface area (Å²) in [7, 11) is 1.81. The summed E-state index contributed by atoms with van der Waals surface area (Å²) in [6.07, 6.45) is 7.83. The number of ketones is 1. The van der Waals surface area contributed by atoms with E-state index in [-0.39, 0.29) is 5.56 Å². The highest BCUT2D eigenvalue weighted by Gasteiger charge is 2.22. The molecule has 2 heterocycles. The quantitative estimate of drug-likeness (QED) is 0.838. The van der Waals surface area contributed by atoms with Crippen LogP contribution in [0.25, 0.3) is 11.1 Å². The molecule has 1 aliphatic heterocycles. The van der Waals surface area contributed by atoms with Crippen LogP contribution < -0.4 is 5.56 Å². The van der Waals surface area contributed by atoms with E-state index in [4.69, 9.17) is 0 Å². The molecule has 0 spiro atoms. The molecule has 1 aromatic heterocycles. The molecule has 0 saturated carbocycles. The van der Waals surface area contributed by atoms with Crippen LogP contribution in [0.2, 0.25) is 0 Å². The summed E-state index contributed by atoms with van der Waals surface area (Å²) in [5.41, 5.74) is 6.91. The first-order valence-electron chi connectivity index (χ1n) is 10.1. The topological polar surface area (TPSA) is 42.3 Å². The third kappa shape index (κ3) is 3.77. The number of piperidine rings is 1. The van der Waals surface area contributed by atoms with E-state index >= 15 is 0 Å². The first-order valence-corrected chi connectivity index (χ1v) is 10.1. The van der Waals surface area contributed by atoms with Crippen LogP contribution in [-0.4, -0.2) is 28.3 Å². The smallest absolute Gasteiger partial charge is 0.253 e. The largest absolute Gasteiger partial charge is 0.318 e. The van der Waals surface area contributed by atoms with Gasteiger partial charge in [0.05, 0.1) is 0 Å². The van der Waals surface area contributed by atoms with Crippen LogP contribution in [-0.2, 0) is 31.2 Å². The van der Waals surface area contributed by atoms with E-state index < -0.39 is 0 Å². The molecule has 0 atom stereocenters. The van der Waals surface area contributed by atoms with Crippen LogP contribution in [0, 0.1) is 6.92 Å². The van der Waals surface area contributed by atoms with Crippen LogP contribution in [0.1, 0.15) is 47.9 Å². The van der Waals surface area contributed by atoms with Gasteiger partial charge in [-0.25, -0.2) is 0 Å². The van der Waals surface area contributed by atoms with E-state index in [1.54, 1.807) is 4.57 Å². The monoisotopic (exact) mass is 364 g/mol. The number of benzene rings is 1. The molecule has 0 radical (unpaired) electrons. The Kier molecular flexibility index (Phi) is 5.00. The summed E-state index contributed by atoms with van der Waals surface area (Å²) in [6.45, 7) is 5.09. The fourth-order valence-electron chi connectivity index (χ4n) is 4.51. The van der Waals surface area contributed by atoms with Crippen LogP contribution in [0.4, 0.5) is 0 Å². The molecule has 1 aliphatic carbocycles. The predicted octanol–water partition coefficient (Wildman–Crippen LogP) is 3.40. The molecule has 1 aromatic carbocycles. The molecule has 4 rings (SSSR count). The molecule has 27 heavy (non-hydrogen) atoms. The van der Waals surface area contributed by atoms with Gasteiger partial charge < -0.3 is 4.57 Å². The van der Waals surface area contributed by atoms with Gasteiger partial charge in [0, 0.05) is 38.2 Å². The number of hydrogen-bond donors (Lipinski definition) is 0. The van der Waals surface area contributed by atoms with Gasteiger partial charge in [0.2, 0.25) is 0 Å². The predicted molar refractivity (Wildman–Crippen MR) is 108 cm³/mol. The van der Waals surface area contributed by atoms with Gasteiger partial charge in [-0.15, -0.1) is 0 Å². The lowest BCUT2D eigenvalue weighted by Crippen LogP contribution is -2.30. The number of fused-ring (bicyclic) bond motifs is 1. The Morgan fingerprint density at radius 1 is 0.963 bits per heavy atom. The van der Waals surface area contributed by atoms with Crippen molar-refractivity contribution in [2.45, 2.75) is 52.0 Å². The number of aryl methyl sites for hydroxylation is 3. The number of carbonyl (C=O) groups excluding carboxylic acids is 1. The number of carbonyl (C=O) groups is 1. The summed E-state index contributed by atoms with van der Waals surface area (Å²) in [4.78, 5) is 26.7. The second-order valence-corrected chi connectivity index (χ2v) is 8.15. The molecule has 2 aliphatic rings. The summed E-state index contributed by atoms with van der Waals surface area (Å²) < 4.78 is 1.66. The summed E-state index contributed by atoms with van der Waals surface area (Å²) in [5.74, 6) is 0.355. The van der Waals surface area contributed by atoms with E-state index in [2.05, 4.69) is 17.0 Å². The van der Waals surface area contributed by atoms with Gasteiger partial charge in [-0.3, -0.25) is 14.5 Å². The van der Waals surface area contributed by atoms with Gasteiger partial charge in [0.1, 0.15) is 5.78 Å². The molecule has 4 nitrogen and oxygen atoms in total. The average molecular weight is 364 g/mol. The standard InChI is InChI=1S/C23H28N2O2/c1-16-10-19(14-24(2)23(16)27)18-11-17-6-7-21(26)13-22(17)20(12-18)15-25-8-4-3-5-9-25/h10-12,14H,3-9,13,15H2,1-2H3. The second kappa shape index (κ2) is 7.43. The zero-order valence-electron chi connectivity index (χ0n) is 16.4.